The first kappa shape index (κ1) is 21.3. The van der Waals surface area contributed by atoms with Crippen molar-refractivity contribution in [3.8, 4) is 16.8 Å². The Hall–Kier alpha value is -5.55. The Balaban J connectivity index is 1.40. The molecule has 0 radical (unpaired) electrons. The first-order valence-corrected chi connectivity index (χ1v) is 13.9. The molecule has 0 bridgehead atoms. The summed E-state index contributed by atoms with van der Waals surface area (Å²) in [7, 11) is 0. The summed E-state index contributed by atoms with van der Waals surface area (Å²) in [6.45, 7) is 0. The number of fused-ring (bicyclic) bond motifs is 16. The van der Waals surface area contributed by atoms with Gasteiger partial charge in [-0.15, -0.1) is 0 Å². The summed E-state index contributed by atoms with van der Waals surface area (Å²) in [5.41, 5.74) is 12.7. The number of benzene rings is 4. The SMILES string of the molecule is c1ccc(-n2c3ccccc3c3ccc4c(c32)-c2ccc3c5ccncc5n5c6ncccc6nc5c3c2C4)cc1. The van der Waals surface area contributed by atoms with Crippen molar-refractivity contribution in [1.29, 1.82) is 0 Å². The Morgan fingerprint density at radius 3 is 2.44 bits per heavy atom. The molecule has 5 nitrogen and oxygen atoms in total. The van der Waals surface area contributed by atoms with Crippen molar-refractivity contribution in [2.75, 3.05) is 0 Å². The lowest BCUT2D eigenvalue weighted by Gasteiger charge is -2.13. The van der Waals surface area contributed by atoms with Crippen LogP contribution in [0.25, 0.3) is 77.1 Å². The molecule has 0 unspecified atom stereocenters. The highest BCUT2D eigenvalue weighted by atomic mass is 15.1. The molecule has 0 N–H and O–H groups in total. The molecule has 0 atom stereocenters. The number of imidazole rings is 1. The Morgan fingerprint density at radius 1 is 0.634 bits per heavy atom. The Morgan fingerprint density at radius 2 is 1.49 bits per heavy atom. The Kier molecular flexibility index (Phi) is 3.92. The fraction of sp³-hybridized carbons (Fsp3) is 0.0278. The maximum Gasteiger partial charge on any atom is 0.165 e. The van der Waals surface area contributed by atoms with Crippen LogP contribution in [0.4, 0.5) is 0 Å². The summed E-state index contributed by atoms with van der Waals surface area (Å²) in [4.78, 5) is 14.4. The van der Waals surface area contributed by atoms with Gasteiger partial charge in [-0.3, -0.25) is 9.38 Å². The topological polar surface area (TPSA) is 48.0 Å². The van der Waals surface area contributed by atoms with Crippen LogP contribution in [-0.4, -0.2) is 23.9 Å². The fourth-order valence-corrected chi connectivity index (χ4v) is 7.23. The van der Waals surface area contributed by atoms with E-state index in [1.165, 1.54) is 60.5 Å². The van der Waals surface area contributed by atoms with Crippen LogP contribution in [0.15, 0.2) is 116 Å². The van der Waals surface area contributed by atoms with Crippen molar-refractivity contribution >= 4 is 60.3 Å². The monoisotopic (exact) mass is 523 g/mol. The number of nitrogens with zero attached hydrogens (tertiary/aromatic N) is 5. The van der Waals surface area contributed by atoms with Gasteiger partial charge in [-0.25, -0.2) is 9.97 Å². The number of hydrogen-bond acceptors (Lipinski definition) is 3. The van der Waals surface area contributed by atoms with Gasteiger partial charge in [0.2, 0.25) is 0 Å². The van der Waals surface area contributed by atoms with Crippen molar-refractivity contribution < 1.29 is 0 Å². The van der Waals surface area contributed by atoms with Gasteiger partial charge in [-0.1, -0.05) is 60.7 Å². The first-order valence-electron chi connectivity index (χ1n) is 13.9. The van der Waals surface area contributed by atoms with Gasteiger partial charge in [0.1, 0.15) is 11.2 Å². The molecule has 0 fully saturated rings. The van der Waals surface area contributed by atoms with Gasteiger partial charge >= 0.3 is 0 Å². The second-order valence-electron chi connectivity index (χ2n) is 10.9. The molecule has 41 heavy (non-hydrogen) atoms. The van der Waals surface area contributed by atoms with Crippen molar-refractivity contribution in [2.24, 2.45) is 0 Å². The lowest BCUT2D eigenvalue weighted by Crippen LogP contribution is -1.96. The van der Waals surface area contributed by atoms with Crippen LogP contribution >= 0.6 is 0 Å². The van der Waals surface area contributed by atoms with E-state index in [2.05, 4.69) is 98.9 Å². The number of pyridine rings is 3. The highest BCUT2D eigenvalue weighted by Crippen LogP contribution is 2.48. The Bertz CT molecular complexity index is 2550. The van der Waals surface area contributed by atoms with Gasteiger partial charge in [0, 0.05) is 45.2 Å². The van der Waals surface area contributed by atoms with Crippen LogP contribution < -0.4 is 0 Å². The van der Waals surface area contributed by atoms with Crippen LogP contribution in [0.5, 0.6) is 0 Å². The molecule has 10 rings (SSSR count). The zero-order valence-corrected chi connectivity index (χ0v) is 21.9. The van der Waals surface area contributed by atoms with Crippen molar-refractivity contribution in [3.63, 3.8) is 0 Å². The van der Waals surface area contributed by atoms with E-state index in [0.717, 1.165) is 34.1 Å². The highest BCUT2D eigenvalue weighted by Gasteiger charge is 2.28. The van der Waals surface area contributed by atoms with Gasteiger partial charge in [-0.05, 0) is 64.9 Å². The van der Waals surface area contributed by atoms with Crippen molar-refractivity contribution in [1.82, 2.24) is 23.9 Å². The van der Waals surface area contributed by atoms with Crippen LogP contribution in [-0.2, 0) is 6.42 Å². The smallest absolute Gasteiger partial charge is 0.165 e. The summed E-state index contributed by atoms with van der Waals surface area (Å²) in [6, 6.07) is 34.8. The summed E-state index contributed by atoms with van der Waals surface area (Å²) < 4.78 is 4.64. The van der Waals surface area contributed by atoms with E-state index in [1.54, 1.807) is 0 Å². The maximum absolute atomic E-state index is 5.16. The number of rotatable bonds is 1. The molecule has 1 aliphatic rings. The fourth-order valence-electron chi connectivity index (χ4n) is 7.23. The van der Waals surface area contributed by atoms with Crippen LogP contribution in [0.3, 0.4) is 0 Å². The minimum Gasteiger partial charge on any atom is -0.309 e. The molecular formula is C36H21N5. The number of hydrogen-bond donors (Lipinski definition) is 0. The molecule has 0 spiro atoms. The molecule has 0 aliphatic heterocycles. The van der Waals surface area contributed by atoms with Crippen molar-refractivity contribution in [3.05, 3.63) is 127 Å². The van der Waals surface area contributed by atoms with Crippen LogP contribution in [0.2, 0.25) is 0 Å². The minimum absolute atomic E-state index is 0.858. The molecule has 9 aromatic rings. The average molecular weight is 524 g/mol. The van der Waals surface area contributed by atoms with E-state index in [-0.39, 0.29) is 0 Å². The van der Waals surface area contributed by atoms with Gasteiger partial charge < -0.3 is 4.57 Å². The molecule has 190 valence electrons. The third-order valence-electron chi connectivity index (χ3n) is 8.86. The lowest BCUT2D eigenvalue weighted by atomic mass is 9.97. The van der Waals surface area contributed by atoms with Crippen LogP contribution in [0.1, 0.15) is 11.1 Å². The van der Waals surface area contributed by atoms with E-state index in [4.69, 9.17) is 9.97 Å². The zero-order valence-electron chi connectivity index (χ0n) is 21.9. The summed E-state index contributed by atoms with van der Waals surface area (Å²) in [6.07, 6.45) is 6.51. The predicted molar refractivity (Wildman–Crippen MR) is 166 cm³/mol. The predicted octanol–water partition coefficient (Wildman–Crippen LogP) is 8.25. The maximum atomic E-state index is 5.16. The second-order valence-corrected chi connectivity index (χ2v) is 10.9. The van der Waals surface area contributed by atoms with Crippen LogP contribution in [0, 0.1) is 0 Å². The normalized spacial score (nSPS) is 12.8. The molecule has 5 heteroatoms. The minimum atomic E-state index is 0.858. The molecule has 5 aromatic heterocycles. The quantitative estimate of drug-likeness (QED) is 0.204. The zero-order chi connectivity index (χ0) is 26.7. The molecule has 1 aliphatic carbocycles. The highest BCUT2D eigenvalue weighted by molar-refractivity contribution is 6.20. The lowest BCUT2D eigenvalue weighted by molar-refractivity contribution is 1.18. The third-order valence-corrected chi connectivity index (χ3v) is 8.86. The van der Waals surface area contributed by atoms with Gasteiger partial charge in [-0.2, -0.15) is 0 Å². The number of para-hydroxylation sites is 2. The molecule has 5 heterocycles. The first-order chi connectivity index (χ1) is 20.4. The summed E-state index contributed by atoms with van der Waals surface area (Å²) >= 11 is 0. The average Bonchev–Trinajstić information content (AvgIpc) is 3.71. The third kappa shape index (κ3) is 2.63. The van der Waals surface area contributed by atoms with E-state index in [1.807, 2.05) is 30.7 Å². The number of aromatic nitrogens is 5. The van der Waals surface area contributed by atoms with Gasteiger partial charge in [0.05, 0.1) is 22.7 Å². The summed E-state index contributed by atoms with van der Waals surface area (Å²) in [5.74, 6) is 0. The van der Waals surface area contributed by atoms with E-state index >= 15 is 0 Å². The van der Waals surface area contributed by atoms with Gasteiger partial charge in [0.15, 0.2) is 5.65 Å². The second kappa shape index (κ2) is 7.55. The standard InChI is InChI=1S/C36H21N5/c1-2-7-22(8-3-1)40-30-11-5-4-9-23(30)27-13-12-21-19-28-26(32(21)34(27)40)15-14-25-24-16-18-37-20-31(24)41-35-29(10-6-17-38-35)39-36(41)33(25)28/h1-18,20H,19H2. The molecule has 0 saturated carbocycles. The molecule has 4 aromatic carbocycles. The molecule has 0 saturated heterocycles. The largest absolute Gasteiger partial charge is 0.309 e. The van der Waals surface area contributed by atoms with Crippen molar-refractivity contribution in [2.45, 2.75) is 6.42 Å². The Labute approximate surface area is 234 Å². The molecular weight excluding hydrogens is 502 g/mol. The van der Waals surface area contributed by atoms with E-state index in [0.29, 0.717) is 0 Å². The van der Waals surface area contributed by atoms with Gasteiger partial charge in [0.25, 0.3) is 0 Å². The molecule has 0 amide bonds. The van der Waals surface area contributed by atoms with E-state index < -0.39 is 0 Å². The van der Waals surface area contributed by atoms with E-state index in [9.17, 15) is 0 Å². The summed E-state index contributed by atoms with van der Waals surface area (Å²) in [5, 5.41) is 6.12.